The highest BCUT2D eigenvalue weighted by atomic mass is 15.2. The lowest BCUT2D eigenvalue weighted by Gasteiger charge is -2.37. The third-order valence-electron chi connectivity index (χ3n) is 3.21. The van der Waals surface area contributed by atoms with E-state index in [2.05, 4.69) is 45.4 Å². The molecular weight excluding hydrogens is 172 g/mol. The van der Waals surface area contributed by atoms with Crippen LogP contribution in [-0.2, 0) is 0 Å². The van der Waals surface area contributed by atoms with Gasteiger partial charge in [0.05, 0.1) is 0 Å². The average Bonchev–Trinajstić information content (AvgIpc) is 2.09. The van der Waals surface area contributed by atoms with Gasteiger partial charge in [-0.2, -0.15) is 0 Å². The summed E-state index contributed by atoms with van der Waals surface area (Å²) in [5.41, 5.74) is 8.20. The molecule has 0 aromatic heterocycles. The number of nitrogens with two attached hydrogens (primary N) is 1. The molecule has 0 aromatic rings. The molecule has 0 radical (unpaired) electrons. The summed E-state index contributed by atoms with van der Waals surface area (Å²) in [6.45, 7) is 10.7. The first-order valence-electron chi connectivity index (χ1n) is 5.30. The fraction of sp³-hybridized carbons (Fsp3) is 0.667. The van der Waals surface area contributed by atoms with Gasteiger partial charge in [-0.25, -0.2) is 0 Å². The summed E-state index contributed by atoms with van der Waals surface area (Å²) in [7, 11) is 2.14. The highest BCUT2D eigenvalue weighted by Crippen LogP contribution is 2.28. The van der Waals surface area contributed by atoms with Crippen LogP contribution in [-0.4, -0.2) is 24.0 Å². The van der Waals surface area contributed by atoms with E-state index in [0.717, 1.165) is 12.1 Å². The van der Waals surface area contributed by atoms with Gasteiger partial charge in [0.25, 0.3) is 0 Å². The molecule has 0 spiro atoms. The molecule has 2 unspecified atom stereocenters. The Kier molecular flexibility index (Phi) is 3.38. The number of rotatable bonds is 2. The Balaban J connectivity index is 2.81. The lowest BCUT2D eigenvalue weighted by molar-refractivity contribution is 0.208. The van der Waals surface area contributed by atoms with E-state index in [9.17, 15) is 0 Å². The van der Waals surface area contributed by atoms with Gasteiger partial charge < -0.3 is 5.73 Å². The van der Waals surface area contributed by atoms with E-state index in [1.807, 2.05) is 0 Å². The van der Waals surface area contributed by atoms with Crippen LogP contribution in [0.5, 0.6) is 0 Å². The molecular formula is C12H22N2. The Labute approximate surface area is 87.5 Å². The number of allylic oxidation sites excluding steroid dienone is 1. The monoisotopic (exact) mass is 194 g/mol. The van der Waals surface area contributed by atoms with Gasteiger partial charge in [0, 0.05) is 24.2 Å². The zero-order valence-electron chi connectivity index (χ0n) is 9.75. The summed E-state index contributed by atoms with van der Waals surface area (Å²) < 4.78 is 0. The molecule has 0 bridgehead atoms. The van der Waals surface area contributed by atoms with Crippen molar-refractivity contribution in [3.8, 4) is 0 Å². The van der Waals surface area contributed by atoms with Crippen LogP contribution in [0.3, 0.4) is 0 Å². The predicted molar refractivity (Wildman–Crippen MR) is 61.9 cm³/mol. The minimum atomic E-state index is 0.412. The number of nitrogens with zero attached hydrogens (tertiary/aromatic N) is 1. The number of hydrogen-bond acceptors (Lipinski definition) is 2. The molecule has 1 rings (SSSR count). The van der Waals surface area contributed by atoms with Crippen molar-refractivity contribution in [2.24, 2.45) is 11.7 Å². The first-order valence-corrected chi connectivity index (χ1v) is 5.30. The Morgan fingerprint density at radius 3 is 2.64 bits per heavy atom. The van der Waals surface area contributed by atoms with Crippen molar-refractivity contribution in [3.63, 3.8) is 0 Å². The van der Waals surface area contributed by atoms with Crippen molar-refractivity contribution in [2.45, 2.75) is 39.3 Å². The van der Waals surface area contributed by atoms with Crippen molar-refractivity contribution in [3.05, 3.63) is 23.9 Å². The molecule has 14 heavy (non-hydrogen) atoms. The Morgan fingerprint density at radius 1 is 1.57 bits per heavy atom. The molecule has 0 saturated carbocycles. The number of likely N-dealkylation sites (N-methyl/N-ethyl adjacent to an activating group) is 1. The Hall–Kier alpha value is -0.760. The molecule has 2 heteroatoms. The van der Waals surface area contributed by atoms with Gasteiger partial charge in [0.2, 0.25) is 0 Å². The van der Waals surface area contributed by atoms with Crippen LogP contribution in [0.25, 0.3) is 0 Å². The molecule has 2 nitrogen and oxygen atoms in total. The maximum atomic E-state index is 5.91. The van der Waals surface area contributed by atoms with E-state index < -0.39 is 0 Å². The van der Waals surface area contributed by atoms with Crippen LogP contribution < -0.4 is 5.73 Å². The Bertz CT molecular complexity index is 253. The van der Waals surface area contributed by atoms with Crippen LogP contribution in [0.1, 0.15) is 27.2 Å². The largest absolute Gasteiger partial charge is 0.402 e. The van der Waals surface area contributed by atoms with Crippen LogP contribution in [0.15, 0.2) is 23.9 Å². The fourth-order valence-corrected chi connectivity index (χ4v) is 1.92. The molecule has 0 aliphatic heterocycles. The average molecular weight is 194 g/mol. The van der Waals surface area contributed by atoms with Gasteiger partial charge in [-0.3, -0.25) is 4.90 Å². The maximum Gasteiger partial charge on any atom is 0.0364 e. The summed E-state index contributed by atoms with van der Waals surface area (Å²) in [4.78, 5) is 2.35. The number of hydrogen-bond donors (Lipinski definition) is 1. The lowest BCUT2D eigenvalue weighted by atomic mass is 9.85. The van der Waals surface area contributed by atoms with Crippen molar-refractivity contribution >= 4 is 0 Å². The summed E-state index contributed by atoms with van der Waals surface area (Å²) >= 11 is 0. The van der Waals surface area contributed by atoms with Crippen molar-refractivity contribution in [2.75, 3.05) is 7.05 Å². The van der Waals surface area contributed by atoms with Gasteiger partial charge >= 0.3 is 0 Å². The molecule has 0 saturated heterocycles. The topological polar surface area (TPSA) is 29.3 Å². The molecule has 0 heterocycles. The summed E-state index contributed by atoms with van der Waals surface area (Å²) in [6, 6.07) is 0.949. The second kappa shape index (κ2) is 4.18. The standard InChI is InChI=1S/C12H22N2/c1-8(2)14(5)12-7-11(13)6-9(3)10(12)4/h6,8-9,12H,4,7,13H2,1-3,5H3. The summed E-state index contributed by atoms with van der Waals surface area (Å²) in [5, 5.41) is 0. The van der Waals surface area contributed by atoms with Crippen LogP contribution >= 0.6 is 0 Å². The molecule has 0 fully saturated rings. The van der Waals surface area contributed by atoms with E-state index in [1.165, 1.54) is 5.57 Å². The quantitative estimate of drug-likeness (QED) is 0.682. The third-order valence-corrected chi connectivity index (χ3v) is 3.21. The van der Waals surface area contributed by atoms with Gasteiger partial charge in [0.1, 0.15) is 0 Å². The molecule has 2 N–H and O–H groups in total. The molecule has 0 amide bonds. The minimum Gasteiger partial charge on any atom is -0.402 e. The summed E-state index contributed by atoms with van der Waals surface area (Å²) in [5.74, 6) is 0.412. The highest BCUT2D eigenvalue weighted by molar-refractivity contribution is 5.25. The zero-order chi connectivity index (χ0) is 10.9. The normalized spacial score (nSPS) is 28.4. The van der Waals surface area contributed by atoms with Gasteiger partial charge in [-0.15, -0.1) is 0 Å². The van der Waals surface area contributed by atoms with Crippen molar-refractivity contribution in [1.82, 2.24) is 4.90 Å². The highest BCUT2D eigenvalue weighted by Gasteiger charge is 2.26. The molecule has 1 aliphatic carbocycles. The second-order valence-corrected chi connectivity index (χ2v) is 4.58. The maximum absolute atomic E-state index is 5.91. The Morgan fingerprint density at radius 2 is 2.14 bits per heavy atom. The first kappa shape index (κ1) is 11.3. The SMILES string of the molecule is C=C1C(C)C=C(N)CC1N(C)C(C)C. The molecule has 0 aromatic carbocycles. The van der Waals surface area contributed by atoms with Crippen molar-refractivity contribution in [1.29, 1.82) is 0 Å². The first-order chi connectivity index (χ1) is 6.43. The van der Waals surface area contributed by atoms with E-state index in [1.54, 1.807) is 0 Å². The van der Waals surface area contributed by atoms with Crippen LogP contribution in [0.2, 0.25) is 0 Å². The van der Waals surface area contributed by atoms with E-state index in [4.69, 9.17) is 5.73 Å². The third kappa shape index (κ3) is 2.18. The minimum absolute atomic E-state index is 0.412. The van der Waals surface area contributed by atoms with Gasteiger partial charge in [-0.1, -0.05) is 25.2 Å². The van der Waals surface area contributed by atoms with E-state index in [0.29, 0.717) is 18.0 Å². The molecule has 2 atom stereocenters. The van der Waals surface area contributed by atoms with E-state index >= 15 is 0 Å². The zero-order valence-corrected chi connectivity index (χ0v) is 9.75. The van der Waals surface area contributed by atoms with E-state index in [-0.39, 0.29) is 0 Å². The predicted octanol–water partition coefficient (Wildman–Crippen LogP) is 2.13. The van der Waals surface area contributed by atoms with Crippen LogP contribution in [0, 0.1) is 5.92 Å². The van der Waals surface area contributed by atoms with Gasteiger partial charge in [0.15, 0.2) is 0 Å². The summed E-state index contributed by atoms with van der Waals surface area (Å²) in [6.07, 6.45) is 3.05. The smallest absolute Gasteiger partial charge is 0.0364 e. The molecule has 1 aliphatic rings. The van der Waals surface area contributed by atoms with Crippen molar-refractivity contribution < 1.29 is 0 Å². The lowest BCUT2D eigenvalue weighted by Crippen LogP contribution is -2.41. The van der Waals surface area contributed by atoms with Crippen LogP contribution in [0.4, 0.5) is 0 Å². The molecule has 80 valence electrons. The van der Waals surface area contributed by atoms with Gasteiger partial charge in [-0.05, 0) is 26.8 Å². The second-order valence-electron chi connectivity index (χ2n) is 4.58. The fourth-order valence-electron chi connectivity index (χ4n) is 1.92.